The highest BCUT2D eigenvalue weighted by molar-refractivity contribution is 14.1. The number of nitrogens with zero attached hydrogens (tertiary/aromatic N) is 1. The Morgan fingerprint density at radius 1 is 1.00 bits per heavy atom. The van der Waals surface area contributed by atoms with Crippen molar-refractivity contribution in [3.8, 4) is 11.5 Å². The molecule has 3 aromatic rings. The molecule has 0 saturated heterocycles. The number of hydrazone groups is 1. The summed E-state index contributed by atoms with van der Waals surface area (Å²) in [6.07, 6.45) is 1.31. The molecule has 38 heavy (non-hydrogen) atoms. The highest BCUT2D eigenvalue weighted by atomic mass is 127. The van der Waals surface area contributed by atoms with E-state index < -0.39 is 23.5 Å². The zero-order valence-corrected chi connectivity index (χ0v) is 23.4. The maximum absolute atomic E-state index is 13.0. The van der Waals surface area contributed by atoms with E-state index in [4.69, 9.17) is 32.7 Å². The predicted octanol–water partition coefficient (Wildman–Crippen LogP) is 5.24. The van der Waals surface area contributed by atoms with Crippen LogP contribution in [0.4, 0.5) is 15.8 Å². The Labute approximate surface area is 240 Å². The summed E-state index contributed by atoms with van der Waals surface area (Å²) < 4.78 is 24.9. The summed E-state index contributed by atoms with van der Waals surface area (Å²) >= 11 is 14.0. The minimum atomic E-state index is -1.02. The quantitative estimate of drug-likeness (QED) is 0.124. The maximum atomic E-state index is 13.0. The van der Waals surface area contributed by atoms with Crippen molar-refractivity contribution in [3.63, 3.8) is 0 Å². The second-order valence-corrected chi connectivity index (χ2v) is 9.39. The number of ether oxygens (including phenoxy) is 2. The molecule has 3 rings (SSSR count). The fraction of sp³-hybridized carbons (Fsp3) is 0.120. The Hall–Kier alpha value is -3.42. The molecule has 0 saturated carbocycles. The third-order valence-electron chi connectivity index (χ3n) is 4.57. The Bertz CT molecular complexity index is 1370. The first-order valence-corrected chi connectivity index (χ1v) is 12.7. The van der Waals surface area contributed by atoms with Gasteiger partial charge in [-0.2, -0.15) is 5.10 Å². The van der Waals surface area contributed by atoms with Gasteiger partial charge in [0.05, 0.1) is 27.1 Å². The van der Waals surface area contributed by atoms with Gasteiger partial charge in [0.25, 0.3) is 5.91 Å². The highest BCUT2D eigenvalue weighted by Crippen LogP contribution is 2.34. The molecule has 3 aromatic carbocycles. The third kappa shape index (κ3) is 8.57. The number of anilines is 2. The van der Waals surface area contributed by atoms with E-state index in [2.05, 4.69) is 21.2 Å². The monoisotopic (exact) mass is 672 g/mol. The number of hydrogen-bond donors (Lipinski definition) is 3. The summed E-state index contributed by atoms with van der Waals surface area (Å²) in [5.74, 6) is -2.22. The van der Waals surface area contributed by atoms with Crippen molar-refractivity contribution in [2.24, 2.45) is 5.10 Å². The summed E-state index contributed by atoms with van der Waals surface area (Å²) in [7, 11) is 0. The molecule has 0 aliphatic carbocycles. The summed E-state index contributed by atoms with van der Waals surface area (Å²) in [5.41, 5.74) is 3.30. The van der Waals surface area contributed by atoms with Crippen LogP contribution in [-0.2, 0) is 14.4 Å². The zero-order valence-electron chi connectivity index (χ0n) is 19.7. The average Bonchev–Trinajstić information content (AvgIpc) is 2.86. The molecule has 0 bridgehead atoms. The number of carbonyl (C=O) groups excluding carboxylic acids is 3. The van der Waals surface area contributed by atoms with Gasteiger partial charge in [-0.05, 0) is 89.7 Å². The van der Waals surface area contributed by atoms with Crippen LogP contribution >= 0.6 is 45.8 Å². The van der Waals surface area contributed by atoms with Gasteiger partial charge < -0.3 is 20.1 Å². The zero-order chi connectivity index (χ0) is 27.7. The summed E-state index contributed by atoms with van der Waals surface area (Å²) in [6.45, 7) is 1.79. The van der Waals surface area contributed by atoms with Crippen LogP contribution in [0, 0.1) is 9.39 Å². The highest BCUT2D eigenvalue weighted by Gasteiger charge is 2.16. The average molecular weight is 673 g/mol. The number of rotatable bonds is 9. The largest absolute Gasteiger partial charge is 0.490 e. The number of hydrogen-bond acceptors (Lipinski definition) is 6. The molecule has 9 nitrogen and oxygen atoms in total. The van der Waals surface area contributed by atoms with Crippen LogP contribution in [0.1, 0.15) is 12.5 Å². The Kier molecular flexibility index (Phi) is 10.7. The smallest absolute Gasteiger partial charge is 0.329 e. The van der Waals surface area contributed by atoms with Gasteiger partial charge in [0.1, 0.15) is 5.82 Å². The molecule has 0 aromatic heterocycles. The number of carbonyl (C=O) groups is 3. The molecular weight excluding hydrogens is 653 g/mol. The molecule has 13 heteroatoms. The van der Waals surface area contributed by atoms with Gasteiger partial charge in [-0.3, -0.25) is 14.4 Å². The Balaban J connectivity index is 1.61. The van der Waals surface area contributed by atoms with Gasteiger partial charge in [0.15, 0.2) is 18.1 Å². The first-order valence-electron chi connectivity index (χ1n) is 10.9. The van der Waals surface area contributed by atoms with E-state index in [9.17, 15) is 18.8 Å². The van der Waals surface area contributed by atoms with Crippen molar-refractivity contribution in [3.05, 3.63) is 79.6 Å². The number of amides is 3. The molecule has 0 aliphatic rings. The second-order valence-electron chi connectivity index (χ2n) is 7.38. The van der Waals surface area contributed by atoms with Crippen molar-refractivity contribution >= 4 is 81.1 Å². The molecule has 3 amide bonds. The van der Waals surface area contributed by atoms with Crippen molar-refractivity contribution in [1.29, 1.82) is 0 Å². The van der Waals surface area contributed by atoms with Crippen molar-refractivity contribution in [1.82, 2.24) is 5.43 Å². The number of nitrogens with one attached hydrogen (secondary N) is 3. The predicted molar refractivity (Wildman–Crippen MR) is 152 cm³/mol. The van der Waals surface area contributed by atoms with Crippen LogP contribution < -0.4 is 25.5 Å². The first-order chi connectivity index (χ1) is 18.2. The SMILES string of the molecule is CCOc1cc(/C=N\NC(=O)C(=O)Nc2ccc(F)cc2)cc(I)c1OCC(=O)Nc1ccc(Cl)cc1Cl. The van der Waals surface area contributed by atoms with Crippen molar-refractivity contribution in [2.75, 3.05) is 23.8 Å². The maximum Gasteiger partial charge on any atom is 0.329 e. The van der Waals surface area contributed by atoms with Gasteiger partial charge in [-0.15, -0.1) is 0 Å². The van der Waals surface area contributed by atoms with Gasteiger partial charge in [0, 0.05) is 10.7 Å². The van der Waals surface area contributed by atoms with Crippen molar-refractivity contribution in [2.45, 2.75) is 6.92 Å². The van der Waals surface area contributed by atoms with Crippen LogP contribution in [0.2, 0.25) is 10.0 Å². The van der Waals surface area contributed by atoms with Crippen LogP contribution in [0.5, 0.6) is 11.5 Å². The molecule has 0 spiro atoms. The van der Waals surface area contributed by atoms with E-state index in [1.54, 1.807) is 31.2 Å². The number of benzene rings is 3. The molecule has 0 fully saturated rings. The van der Waals surface area contributed by atoms with E-state index in [1.165, 1.54) is 24.4 Å². The topological polar surface area (TPSA) is 118 Å². The van der Waals surface area contributed by atoms with Gasteiger partial charge in [-0.1, -0.05) is 23.2 Å². The van der Waals surface area contributed by atoms with Crippen LogP contribution in [0.15, 0.2) is 59.7 Å². The lowest BCUT2D eigenvalue weighted by molar-refractivity contribution is -0.136. The van der Waals surface area contributed by atoms with Crippen LogP contribution in [-0.4, -0.2) is 37.1 Å². The normalized spacial score (nSPS) is 10.7. The Morgan fingerprint density at radius 3 is 2.42 bits per heavy atom. The second kappa shape index (κ2) is 13.9. The van der Waals surface area contributed by atoms with E-state index in [1.807, 2.05) is 22.6 Å². The molecule has 0 atom stereocenters. The lowest BCUT2D eigenvalue weighted by Crippen LogP contribution is -2.32. The molecule has 0 aliphatic heterocycles. The minimum absolute atomic E-state index is 0.256. The van der Waals surface area contributed by atoms with Crippen LogP contribution in [0.3, 0.4) is 0 Å². The molecule has 0 heterocycles. The first kappa shape index (κ1) is 29.1. The van der Waals surface area contributed by atoms with Crippen LogP contribution in [0.25, 0.3) is 0 Å². The fourth-order valence-corrected chi connectivity index (χ4v) is 4.15. The summed E-state index contributed by atoms with van der Waals surface area (Å²) in [6, 6.07) is 12.9. The Morgan fingerprint density at radius 2 is 1.74 bits per heavy atom. The van der Waals surface area contributed by atoms with Crippen molar-refractivity contribution < 1.29 is 28.2 Å². The summed E-state index contributed by atoms with van der Waals surface area (Å²) in [5, 5.41) is 9.50. The number of halogens is 4. The fourth-order valence-electron chi connectivity index (χ4n) is 2.92. The standard InChI is InChI=1S/C25H20Cl2FIN4O5/c1-2-37-21-10-14(12-30-33-25(36)24(35)31-17-6-4-16(28)5-7-17)9-19(29)23(21)38-13-22(34)32-20-8-3-15(26)11-18(20)27/h3-12H,2,13H2,1H3,(H,31,35)(H,32,34)(H,33,36)/b30-12-. The third-order valence-corrected chi connectivity index (χ3v) is 5.92. The molecular formula is C25H20Cl2FIN4O5. The van der Waals surface area contributed by atoms with Gasteiger partial charge in [-0.25, -0.2) is 9.82 Å². The van der Waals surface area contributed by atoms with Gasteiger partial charge in [0.2, 0.25) is 0 Å². The molecule has 0 unspecified atom stereocenters. The molecule has 3 N–H and O–H groups in total. The minimum Gasteiger partial charge on any atom is -0.490 e. The summed E-state index contributed by atoms with van der Waals surface area (Å²) in [4.78, 5) is 36.4. The van der Waals surface area contributed by atoms with E-state index in [0.29, 0.717) is 43.0 Å². The molecule has 0 radical (unpaired) electrons. The van der Waals surface area contributed by atoms with E-state index in [-0.39, 0.29) is 12.3 Å². The van der Waals surface area contributed by atoms with E-state index >= 15 is 0 Å². The lowest BCUT2D eigenvalue weighted by atomic mass is 10.2. The lowest BCUT2D eigenvalue weighted by Gasteiger charge is -2.15. The molecule has 198 valence electrons. The van der Waals surface area contributed by atoms with Gasteiger partial charge >= 0.3 is 11.8 Å². The van der Waals surface area contributed by atoms with E-state index in [0.717, 1.165) is 12.1 Å².